The smallest absolute Gasteiger partial charge is 0.0350 e. The molecule has 0 bridgehead atoms. The van der Waals surface area contributed by atoms with Crippen LogP contribution in [0.3, 0.4) is 0 Å². The summed E-state index contributed by atoms with van der Waals surface area (Å²) >= 11 is 0. The van der Waals surface area contributed by atoms with Crippen LogP contribution in [0.25, 0.3) is 0 Å². The first-order chi connectivity index (χ1) is 9.93. The van der Waals surface area contributed by atoms with Crippen molar-refractivity contribution in [1.29, 1.82) is 0 Å². The van der Waals surface area contributed by atoms with E-state index < -0.39 is 0 Å². The Morgan fingerprint density at radius 3 is 2.35 bits per heavy atom. The lowest BCUT2D eigenvalue weighted by Gasteiger charge is -2.36. The summed E-state index contributed by atoms with van der Waals surface area (Å²) in [5, 5.41) is 0. The Morgan fingerprint density at radius 2 is 1.60 bits per heavy atom. The SMILES string of the molecule is [CH]1CCN(CCc2ccccc2)C(c2ccccc2)C1. The van der Waals surface area contributed by atoms with Crippen LogP contribution in [0.15, 0.2) is 60.7 Å². The molecule has 1 heteroatoms. The second-order valence-electron chi connectivity index (χ2n) is 5.51. The quantitative estimate of drug-likeness (QED) is 0.797. The third-order valence-electron chi connectivity index (χ3n) is 4.17. The maximum Gasteiger partial charge on any atom is 0.0350 e. The van der Waals surface area contributed by atoms with Gasteiger partial charge in [-0.25, -0.2) is 0 Å². The molecule has 0 aliphatic carbocycles. The first-order valence-electron chi connectivity index (χ1n) is 7.58. The van der Waals surface area contributed by atoms with Crippen molar-refractivity contribution in [3.63, 3.8) is 0 Å². The van der Waals surface area contributed by atoms with Gasteiger partial charge >= 0.3 is 0 Å². The van der Waals surface area contributed by atoms with Gasteiger partial charge in [0, 0.05) is 12.6 Å². The lowest BCUT2D eigenvalue weighted by Crippen LogP contribution is -2.35. The first kappa shape index (κ1) is 13.4. The van der Waals surface area contributed by atoms with Gasteiger partial charge in [0.2, 0.25) is 0 Å². The minimum absolute atomic E-state index is 0.564. The highest BCUT2D eigenvalue weighted by Gasteiger charge is 2.23. The molecule has 0 spiro atoms. The average Bonchev–Trinajstić information content (AvgIpc) is 2.55. The molecule has 103 valence electrons. The number of hydrogen-bond acceptors (Lipinski definition) is 1. The van der Waals surface area contributed by atoms with E-state index in [-0.39, 0.29) is 0 Å². The van der Waals surface area contributed by atoms with Gasteiger partial charge in [-0.05, 0) is 43.4 Å². The average molecular weight is 264 g/mol. The van der Waals surface area contributed by atoms with Gasteiger partial charge in [0.15, 0.2) is 0 Å². The molecule has 1 unspecified atom stereocenters. The van der Waals surface area contributed by atoms with Crippen LogP contribution < -0.4 is 0 Å². The molecule has 0 N–H and O–H groups in total. The van der Waals surface area contributed by atoms with Crippen molar-refractivity contribution < 1.29 is 0 Å². The van der Waals surface area contributed by atoms with Crippen molar-refractivity contribution >= 4 is 0 Å². The summed E-state index contributed by atoms with van der Waals surface area (Å²) in [7, 11) is 0. The molecule has 1 heterocycles. The molecule has 1 aliphatic rings. The highest BCUT2D eigenvalue weighted by atomic mass is 15.2. The van der Waals surface area contributed by atoms with Gasteiger partial charge in [-0.3, -0.25) is 4.90 Å². The maximum absolute atomic E-state index is 2.64. The number of piperidine rings is 1. The van der Waals surface area contributed by atoms with E-state index >= 15 is 0 Å². The normalized spacial score (nSPS) is 19.9. The second-order valence-corrected chi connectivity index (χ2v) is 5.51. The van der Waals surface area contributed by atoms with E-state index in [0.717, 1.165) is 13.0 Å². The Morgan fingerprint density at radius 1 is 0.900 bits per heavy atom. The van der Waals surface area contributed by atoms with E-state index in [1.807, 2.05) is 0 Å². The van der Waals surface area contributed by atoms with Gasteiger partial charge in [-0.1, -0.05) is 60.7 Å². The Kier molecular flexibility index (Phi) is 4.49. The molecule has 1 nitrogen and oxygen atoms in total. The summed E-state index contributed by atoms with van der Waals surface area (Å²) in [6, 6.07) is 22.3. The third kappa shape index (κ3) is 3.29. The number of hydrogen-bond donors (Lipinski definition) is 0. The zero-order chi connectivity index (χ0) is 13.6. The van der Waals surface area contributed by atoms with Crippen molar-refractivity contribution in [2.75, 3.05) is 13.1 Å². The van der Waals surface area contributed by atoms with Crippen LogP contribution in [-0.2, 0) is 6.42 Å². The van der Waals surface area contributed by atoms with Crippen LogP contribution in [-0.4, -0.2) is 18.0 Å². The van der Waals surface area contributed by atoms with Crippen molar-refractivity contribution in [3.8, 4) is 0 Å². The summed E-state index contributed by atoms with van der Waals surface area (Å²) in [4.78, 5) is 2.64. The highest BCUT2D eigenvalue weighted by Crippen LogP contribution is 2.30. The van der Waals surface area contributed by atoms with E-state index in [1.54, 1.807) is 0 Å². The van der Waals surface area contributed by atoms with Gasteiger partial charge in [-0.2, -0.15) is 0 Å². The Balaban J connectivity index is 1.67. The number of likely N-dealkylation sites (tertiary alicyclic amines) is 1. The van der Waals surface area contributed by atoms with Gasteiger partial charge < -0.3 is 0 Å². The highest BCUT2D eigenvalue weighted by molar-refractivity contribution is 5.21. The molecule has 2 aromatic rings. The Hall–Kier alpha value is -1.60. The molecule has 1 aliphatic heterocycles. The first-order valence-corrected chi connectivity index (χ1v) is 7.58. The Bertz CT molecular complexity index is 506. The number of benzene rings is 2. The largest absolute Gasteiger partial charge is 0.296 e. The molecule has 0 saturated carbocycles. The van der Waals surface area contributed by atoms with Crippen LogP contribution in [0.5, 0.6) is 0 Å². The summed E-state index contributed by atoms with van der Waals surface area (Å²) in [5.41, 5.74) is 2.89. The topological polar surface area (TPSA) is 3.24 Å². The van der Waals surface area contributed by atoms with E-state index in [0.29, 0.717) is 6.04 Å². The van der Waals surface area contributed by atoms with E-state index in [9.17, 15) is 0 Å². The molecular weight excluding hydrogens is 242 g/mol. The van der Waals surface area contributed by atoms with Crippen molar-refractivity contribution in [3.05, 3.63) is 78.2 Å². The molecule has 3 rings (SSSR count). The summed E-state index contributed by atoms with van der Waals surface area (Å²) in [5.74, 6) is 0. The van der Waals surface area contributed by atoms with Crippen molar-refractivity contribution in [1.82, 2.24) is 4.90 Å². The van der Waals surface area contributed by atoms with Gasteiger partial charge in [-0.15, -0.1) is 0 Å². The molecule has 1 atom stereocenters. The fraction of sp³-hybridized carbons (Fsp3) is 0.316. The molecule has 1 fully saturated rings. The van der Waals surface area contributed by atoms with Gasteiger partial charge in [0.05, 0.1) is 0 Å². The van der Waals surface area contributed by atoms with Crippen LogP contribution in [0.4, 0.5) is 0 Å². The lowest BCUT2D eigenvalue weighted by molar-refractivity contribution is 0.174. The summed E-state index contributed by atoms with van der Waals surface area (Å²) in [6.07, 6.45) is 5.98. The number of nitrogens with zero attached hydrogens (tertiary/aromatic N) is 1. The maximum atomic E-state index is 2.64. The third-order valence-corrected chi connectivity index (χ3v) is 4.17. The minimum Gasteiger partial charge on any atom is -0.296 e. The van der Waals surface area contributed by atoms with Crippen LogP contribution in [0.1, 0.15) is 30.0 Å². The summed E-state index contributed by atoms with van der Waals surface area (Å²) < 4.78 is 0. The van der Waals surface area contributed by atoms with E-state index in [1.165, 1.54) is 30.5 Å². The van der Waals surface area contributed by atoms with Gasteiger partial charge in [0.1, 0.15) is 0 Å². The van der Waals surface area contributed by atoms with Crippen molar-refractivity contribution in [2.45, 2.75) is 25.3 Å². The zero-order valence-electron chi connectivity index (χ0n) is 11.9. The zero-order valence-corrected chi connectivity index (χ0v) is 11.9. The lowest BCUT2D eigenvalue weighted by atomic mass is 9.95. The summed E-state index contributed by atoms with van der Waals surface area (Å²) in [6.45, 7) is 2.34. The number of rotatable bonds is 4. The van der Waals surface area contributed by atoms with Crippen molar-refractivity contribution in [2.24, 2.45) is 0 Å². The molecular formula is C19H22N. The second kappa shape index (κ2) is 6.71. The van der Waals surface area contributed by atoms with Gasteiger partial charge in [0.25, 0.3) is 0 Å². The molecule has 20 heavy (non-hydrogen) atoms. The molecule has 1 saturated heterocycles. The molecule has 0 aromatic heterocycles. The Labute approximate surface area is 122 Å². The predicted molar refractivity (Wildman–Crippen MR) is 84.4 cm³/mol. The fourth-order valence-corrected chi connectivity index (χ4v) is 3.04. The molecule has 1 radical (unpaired) electrons. The van der Waals surface area contributed by atoms with E-state index in [4.69, 9.17) is 0 Å². The monoisotopic (exact) mass is 264 g/mol. The van der Waals surface area contributed by atoms with Crippen LogP contribution in [0, 0.1) is 6.42 Å². The van der Waals surface area contributed by atoms with Crippen LogP contribution in [0.2, 0.25) is 0 Å². The fourth-order valence-electron chi connectivity index (χ4n) is 3.04. The standard InChI is InChI=1S/C19H22N/c1-3-9-17(10-4-1)14-16-20-15-8-7-13-19(20)18-11-5-2-6-12-18/h1-7,9-12,19H,8,13-16H2. The minimum atomic E-state index is 0.564. The predicted octanol–water partition coefficient (Wildman–Crippen LogP) is 4.27. The van der Waals surface area contributed by atoms with Crippen LogP contribution >= 0.6 is 0 Å². The molecule has 2 aromatic carbocycles. The van der Waals surface area contributed by atoms with E-state index in [2.05, 4.69) is 72.0 Å². The molecule has 0 amide bonds.